The van der Waals surface area contributed by atoms with Gasteiger partial charge in [-0.25, -0.2) is 0 Å². The average molecular weight is 268 g/mol. The Kier molecular flexibility index (Phi) is 4.99. The quantitative estimate of drug-likeness (QED) is 0.578. The summed E-state index contributed by atoms with van der Waals surface area (Å²) >= 11 is 0. The van der Waals surface area contributed by atoms with Gasteiger partial charge in [-0.05, 0) is 12.1 Å². The van der Waals surface area contributed by atoms with Crippen LogP contribution in [0.3, 0.4) is 0 Å². The van der Waals surface area contributed by atoms with Gasteiger partial charge in [-0.2, -0.15) is 0 Å². The van der Waals surface area contributed by atoms with Gasteiger partial charge in [0, 0.05) is 11.8 Å². The number of carbonyl (C=O) groups is 2. The smallest absolute Gasteiger partial charge is 0.325 e. The Morgan fingerprint density at radius 3 is 2.16 bits per heavy atom. The second-order valence-corrected chi connectivity index (χ2v) is 3.76. The third-order valence-corrected chi connectivity index (χ3v) is 2.44. The van der Waals surface area contributed by atoms with Gasteiger partial charge in [0.2, 0.25) is 0 Å². The standard InChI is InChI=1S/C12H16N2O5/c1-18-11(16)6-14(7-12(17)19-2)9-4-3-8(13)5-10(9)15/h3-5,15H,6-7,13H2,1-2H3. The predicted octanol–water partition coefficient (Wildman–Crippen LogP) is 0.127. The molecule has 1 aromatic rings. The van der Waals surface area contributed by atoms with E-state index < -0.39 is 11.9 Å². The van der Waals surface area contributed by atoms with Crippen LogP contribution >= 0.6 is 0 Å². The van der Waals surface area contributed by atoms with Crippen molar-refractivity contribution in [3.63, 3.8) is 0 Å². The summed E-state index contributed by atoms with van der Waals surface area (Å²) in [4.78, 5) is 24.0. The van der Waals surface area contributed by atoms with Crippen LogP contribution in [0.15, 0.2) is 18.2 Å². The molecule has 0 bridgehead atoms. The largest absolute Gasteiger partial charge is 0.506 e. The number of benzene rings is 1. The number of nitrogens with two attached hydrogens (primary N) is 1. The Morgan fingerprint density at radius 1 is 1.21 bits per heavy atom. The Bertz CT molecular complexity index is 457. The average Bonchev–Trinajstić information content (AvgIpc) is 2.37. The molecule has 0 heterocycles. The molecule has 0 amide bonds. The molecule has 104 valence electrons. The summed E-state index contributed by atoms with van der Waals surface area (Å²) in [5, 5.41) is 9.81. The number of anilines is 2. The molecule has 7 nitrogen and oxygen atoms in total. The first kappa shape index (κ1) is 14.6. The van der Waals surface area contributed by atoms with Crippen molar-refractivity contribution >= 4 is 23.3 Å². The van der Waals surface area contributed by atoms with E-state index in [0.29, 0.717) is 11.4 Å². The first-order valence-corrected chi connectivity index (χ1v) is 5.45. The predicted molar refractivity (Wildman–Crippen MR) is 68.8 cm³/mol. The molecule has 0 fully saturated rings. The SMILES string of the molecule is COC(=O)CN(CC(=O)OC)c1ccc(N)cc1O. The van der Waals surface area contributed by atoms with Gasteiger partial charge in [0.15, 0.2) is 0 Å². The second kappa shape index (κ2) is 6.48. The Morgan fingerprint density at radius 2 is 1.74 bits per heavy atom. The number of nitrogens with zero attached hydrogens (tertiary/aromatic N) is 1. The summed E-state index contributed by atoms with van der Waals surface area (Å²) in [6.45, 7) is -0.383. The minimum absolute atomic E-state index is 0.132. The summed E-state index contributed by atoms with van der Waals surface area (Å²) in [6, 6.07) is 4.39. The molecule has 0 saturated heterocycles. The normalized spacial score (nSPS) is 9.79. The van der Waals surface area contributed by atoms with Crippen LogP contribution in [0, 0.1) is 0 Å². The van der Waals surface area contributed by atoms with Crippen LogP contribution in [0.2, 0.25) is 0 Å². The fourth-order valence-electron chi connectivity index (χ4n) is 1.47. The number of hydrogen-bond donors (Lipinski definition) is 2. The van der Waals surface area contributed by atoms with Crippen LogP contribution in [0.1, 0.15) is 0 Å². The molecule has 0 aliphatic rings. The lowest BCUT2D eigenvalue weighted by Crippen LogP contribution is -2.35. The third-order valence-electron chi connectivity index (χ3n) is 2.44. The molecular formula is C12H16N2O5. The minimum atomic E-state index is -0.542. The zero-order chi connectivity index (χ0) is 14.4. The van der Waals surface area contributed by atoms with Crippen molar-refractivity contribution in [2.75, 3.05) is 37.9 Å². The van der Waals surface area contributed by atoms with Crippen LogP contribution in [0.25, 0.3) is 0 Å². The molecule has 1 rings (SSSR count). The zero-order valence-corrected chi connectivity index (χ0v) is 10.8. The lowest BCUT2D eigenvalue weighted by atomic mass is 10.2. The van der Waals surface area contributed by atoms with Gasteiger partial charge in [-0.15, -0.1) is 0 Å². The topological polar surface area (TPSA) is 102 Å². The van der Waals surface area contributed by atoms with Crippen molar-refractivity contribution in [3.8, 4) is 5.75 Å². The maximum absolute atomic E-state index is 11.3. The first-order chi connectivity index (χ1) is 8.97. The van der Waals surface area contributed by atoms with Crippen molar-refractivity contribution < 1.29 is 24.2 Å². The Hall–Kier alpha value is -2.44. The number of hydrogen-bond acceptors (Lipinski definition) is 7. The molecule has 0 spiro atoms. The molecule has 3 N–H and O–H groups in total. The number of rotatable bonds is 5. The highest BCUT2D eigenvalue weighted by Crippen LogP contribution is 2.29. The van der Waals surface area contributed by atoms with Gasteiger partial charge >= 0.3 is 11.9 Å². The summed E-state index contributed by atoms with van der Waals surface area (Å²) in [5.41, 5.74) is 6.19. The Balaban J connectivity index is 3.00. The van der Waals surface area contributed by atoms with Crippen molar-refractivity contribution in [2.24, 2.45) is 0 Å². The number of ether oxygens (including phenoxy) is 2. The maximum atomic E-state index is 11.3. The number of phenolic OH excluding ortho intramolecular Hbond substituents is 1. The molecule has 1 aromatic carbocycles. The van der Waals surface area contributed by atoms with Crippen LogP contribution in [-0.4, -0.2) is 44.4 Å². The van der Waals surface area contributed by atoms with E-state index in [4.69, 9.17) is 5.73 Å². The van der Waals surface area contributed by atoms with E-state index >= 15 is 0 Å². The van der Waals surface area contributed by atoms with Gasteiger partial charge in [-0.1, -0.05) is 0 Å². The van der Waals surface area contributed by atoms with Crippen molar-refractivity contribution in [1.82, 2.24) is 0 Å². The summed E-state index contributed by atoms with van der Waals surface area (Å²) in [7, 11) is 2.48. The maximum Gasteiger partial charge on any atom is 0.325 e. The molecule has 0 unspecified atom stereocenters. The molecule has 0 aliphatic heterocycles. The Labute approximate surface area is 110 Å². The van der Waals surface area contributed by atoms with E-state index in [1.165, 1.54) is 31.3 Å². The van der Waals surface area contributed by atoms with E-state index in [9.17, 15) is 14.7 Å². The molecule has 0 atom stereocenters. The first-order valence-electron chi connectivity index (χ1n) is 5.45. The molecule has 7 heteroatoms. The van der Waals surface area contributed by atoms with Crippen LogP contribution < -0.4 is 10.6 Å². The molecular weight excluding hydrogens is 252 g/mol. The summed E-state index contributed by atoms with van der Waals surface area (Å²) in [5.74, 6) is -1.21. The highest BCUT2D eigenvalue weighted by atomic mass is 16.5. The lowest BCUT2D eigenvalue weighted by Gasteiger charge is -2.23. The number of phenols is 1. The number of aromatic hydroxyl groups is 1. The fraction of sp³-hybridized carbons (Fsp3) is 0.333. The lowest BCUT2D eigenvalue weighted by molar-refractivity contribution is -0.140. The number of esters is 2. The van der Waals surface area contributed by atoms with Crippen molar-refractivity contribution in [3.05, 3.63) is 18.2 Å². The minimum Gasteiger partial charge on any atom is -0.506 e. The number of methoxy groups -OCH3 is 2. The van der Waals surface area contributed by atoms with Crippen LogP contribution in [-0.2, 0) is 19.1 Å². The van der Waals surface area contributed by atoms with Crippen molar-refractivity contribution in [1.29, 1.82) is 0 Å². The summed E-state index contributed by atoms with van der Waals surface area (Å²) in [6.07, 6.45) is 0. The number of carbonyl (C=O) groups excluding carboxylic acids is 2. The van der Waals surface area contributed by atoms with Crippen LogP contribution in [0.4, 0.5) is 11.4 Å². The fourth-order valence-corrected chi connectivity index (χ4v) is 1.47. The third kappa shape index (κ3) is 4.06. The highest BCUT2D eigenvalue weighted by molar-refractivity contribution is 5.82. The van der Waals surface area contributed by atoms with E-state index in [2.05, 4.69) is 9.47 Å². The van der Waals surface area contributed by atoms with E-state index in [1.54, 1.807) is 6.07 Å². The monoisotopic (exact) mass is 268 g/mol. The van der Waals surface area contributed by atoms with Gasteiger partial charge in [-0.3, -0.25) is 9.59 Å². The van der Waals surface area contributed by atoms with Crippen LogP contribution in [0.5, 0.6) is 5.75 Å². The van der Waals surface area contributed by atoms with Gasteiger partial charge in [0.05, 0.1) is 19.9 Å². The van der Waals surface area contributed by atoms with Gasteiger partial charge < -0.3 is 25.2 Å². The van der Waals surface area contributed by atoms with Gasteiger partial charge in [0.25, 0.3) is 0 Å². The van der Waals surface area contributed by atoms with Crippen molar-refractivity contribution in [2.45, 2.75) is 0 Å². The molecule has 0 aliphatic carbocycles. The van der Waals surface area contributed by atoms with E-state index in [1.807, 2.05) is 0 Å². The van der Waals surface area contributed by atoms with E-state index in [0.717, 1.165) is 0 Å². The molecule has 19 heavy (non-hydrogen) atoms. The zero-order valence-electron chi connectivity index (χ0n) is 10.8. The number of nitrogen functional groups attached to an aromatic ring is 1. The summed E-state index contributed by atoms with van der Waals surface area (Å²) < 4.78 is 9.08. The second-order valence-electron chi connectivity index (χ2n) is 3.76. The molecule has 0 radical (unpaired) electrons. The highest BCUT2D eigenvalue weighted by Gasteiger charge is 2.18. The van der Waals surface area contributed by atoms with E-state index in [-0.39, 0.29) is 18.8 Å². The molecule has 0 aromatic heterocycles. The van der Waals surface area contributed by atoms with Gasteiger partial charge in [0.1, 0.15) is 18.8 Å². The molecule has 0 saturated carbocycles.